The van der Waals surface area contributed by atoms with E-state index in [1.54, 1.807) is 6.07 Å². The zero-order chi connectivity index (χ0) is 16.4. The number of amides is 1. The second kappa shape index (κ2) is 6.36. The first-order valence-electron chi connectivity index (χ1n) is 6.62. The minimum absolute atomic E-state index is 0.0335. The Hall–Kier alpha value is -1.08. The van der Waals surface area contributed by atoms with Crippen molar-refractivity contribution in [3.05, 3.63) is 22.7 Å². The smallest absolute Gasteiger partial charge is 0.238 e. The molecule has 0 aliphatic rings. The number of nitrogen functional groups attached to an aromatic ring is 1. The van der Waals surface area contributed by atoms with Crippen molar-refractivity contribution in [3.63, 3.8) is 0 Å². The zero-order valence-corrected chi connectivity index (χ0v) is 15.0. The van der Waals surface area contributed by atoms with E-state index in [-0.39, 0.29) is 10.6 Å². The number of rotatable bonds is 5. The number of nitrogens with two attached hydrogens (primary N) is 1. The van der Waals surface area contributed by atoms with Crippen molar-refractivity contribution >= 4 is 37.4 Å². The Morgan fingerprint density at radius 3 is 2.52 bits per heavy atom. The lowest BCUT2D eigenvalue weighted by Gasteiger charge is -2.26. The number of sulfone groups is 1. The van der Waals surface area contributed by atoms with Gasteiger partial charge in [-0.2, -0.15) is 0 Å². The van der Waals surface area contributed by atoms with E-state index < -0.39 is 26.5 Å². The third-order valence-electron chi connectivity index (χ3n) is 3.46. The molecule has 0 radical (unpaired) electrons. The summed E-state index contributed by atoms with van der Waals surface area (Å²) in [6, 6.07) is 4.57. The van der Waals surface area contributed by atoms with E-state index in [0.29, 0.717) is 10.9 Å². The molecule has 0 saturated carbocycles. The Kier molecular flexibility index (Phi) is 5.44. The van der Waals surface area contributed by atoms with Gasteiger partial charge in [0.25, 0.3) is 0 Å². The van der Waals surface area contributed by atoms with Crippen LogP contribution in [0.4, 0.5) is 5.69 Å². The molecule has 0 fully saturated rings. The van der Waals surface area contributed by atoms with Crippen LogP contribution in [-0.4, -0.2) is 25.1 Å². The summed E-state index contributed by atoms with van der Waals surface area (Å²) in [5.74, 6) is -0.527. The SMILES string of the molecule is CCC(C)(C)NC(=O)C(C)S(=O)(=O)c1cc(Br)ccc1N. The molecule has 1 rings (SSSR count). The molecule has 1 aromatic rings. The summed E-state index contributed by atoms with van der Waals surface area (Å²) in [5, 5.41) is 1.54. The number of anilines is 1. The lowest BCUT2D eigenvalue weighted by Crippen LogP contribution is -2.48. The summed E-state index contributed by atoms with van der Waals surface area (Å²) >= 11 is 3.21. The lowest BCUT2D eigenvalue weighted by atomic mass is 10.0. The van der Waals surface area contributed by atoms with Crippen LogP contribution in [0.2, 0.25) is 0 Å². The third kappa shape index (κ3) is 4.20. The molecule has 0 heterocycles. The second-order valence-corrected chi connectivity index (χ2v) is 8.75. The van der Waals surface area contributed by atoms with Gasteiger partial charge in [-0.1, -0.05) is 22.9 Å². The number of halogens is 1. The number of nitrogens with one attached hydrogen (secondary N) is 1. The van der Waals surface area contributed by atoms with Crippen LogP contribution < -0.4 is 11.1 Å². The summed E-state index contributed by atoms with van der Waals surface area (Å²) in [4.78, 5) is 12.2. The van der Waals surface area contributed by atoms with Gasteiger partial charge in [0.1, 0.15) is 5.25 Å². The molecule has 1 aromatic carbocycles. The van der Waals surface area contributed by atoms with Gasteiger partial charge in [-0.25, -0.2) is 8.42 Å². The van der Waals surface area contributed by atoms with E-state index in [2.05, 4.69) is 21.2 Å². The van der Waals surface area contributed by atoms with Crippen LogP contribution in [0.25, 0.3) is 0 Å². The molecule has 0 bridgehead atoms. The van der Waals surface area contributed by atoms with Gasteiger partial charge in [-0.15, -0.1) is 0 Å². The average Bonchev–Trinajstić information content (AvgIpc) is 2.39. The van der Waals surface area contributed by atoms with Gasteiger partial charge in [-0.05, 0) is 45.4 Å². The first-order chi connectivity index (χ1) is 9.51. The van der Waals surface area contributed by atoms with Crippen molar-refractivity contribution in [3.8, 4) is 0 Å². The molecule has 118 valence electrons. The molecular weight excluding hydrogens is 356 g/mol. The highest BCUT2D eigenvalue weighted by molar-refractivity contribution is 9.10. The molecular formula is C14H21BrN2O3S. The molecule has 0 spiro atoms. The summed E-state index contributed by atoms with van der Waals surface area (Å²) in [6.45, 7) is 6.98. The van der Waals surface area contributed by atoms with Gasteiger partial charge in [-0.3, -0.25) is 4.79 Å². The zero-order valence-electron chi connectivity index (χ0n) is 12.6. The Balaban J connectivity index is 3.13. The fraction of sp³-hybridized carbons (Fsp3) is 0.500. The summed E-state index contributed by atoms with van der Waals surface area (Å²) in [6.07, 6.45) is 0.699. The first kappa shape index (κ1) is 18.0. The highest BCUT2D eigenvalue weighted by Gasteiger charge is 2.33. The van der Waals surface area contributed by atoms with E-state index in [1.807, 2.05) is 20.8 Å². The van der Waals surface area contributed by atoms with Crippen molar-refractivity contribution < 1.29 is 13.2 Å². The maximum Gasteiger partial charge on any atom is 0.238 e. The summed E-state index contributed by atoms with van der Waals surface area (Å²) < 4.78 is 25.7. The Morgan fingerprint density at radius 1 is 1.43 bits per heavy atom. The van der Waals surface area contributed by atoms with Crippen molar-refractivity contribution in [2.75, 3.05) is 5.73 Å². The second-order valence-electron chi connectivity index (χ2n) is 5.60. The van der Waals surface area contributed by atoms with Gasteiger partial charge in [0, 0.05) is 10.0 Å². The van der Waals surface area contributed by atoms with Gasteiger partial charge in [0.05, 0.1) is 10.6 Å². The molecule has 21 heavy (non-hydrogen) atoms. The van der Waals surface area contributed by atoms with E-state index >= 15 is 0 Å². The fourth-order valence-corrected chi connectivity index (χ4v) is 3.53. The van der Waals surface area contributed by atoms with Crippen LogP contribution in [0.5, 0.6) is 0 Å². The van der Waals surface area contributed by atoms with Crippen molar-refractivity contribution in [1.29, 1.82) is 0 Å². The Bertz CT molecular complexity index is 642. The maximum absolute atomic E-state index is 12.6. The summed E-state index contributed by atoms with van der Waals surface area (Å²) in [5.41, 5.74) is 5.41. The number of hydrogen-bond donors (Lipinski definition) is 2. The van der Waals surface area contributed by atoms with E-state index in [9.17, 15) is 13.2 Å². The predicted molar refractivity (Wildman–Crippen MR) is 87.7 cm³/mol. The van der Waals surface area contributed by atoms with Crippen LogP contribution in [0, 0.1) is 0 Å². The number of benzene rings is 1. The maximum atomic E-state index is 12.6. The number of hydrogen-bond acceptors (Lipinski definition) is 4. The minimum Gasteiger partial charge on any atom is -0.398 e. The van der Waals surface area contributed by atoms with Crippen molar-refractivity contribution in [2.24, 2.45) is 0 Å². The Labute approximate surface area is 134 Å². The highest BCUT2D eigenvalue weighted by Crippen LogP contribution is 2.26. The van der Waals surface area contributed by atoms with Crippen LogP contribution in [0.1, 0.15) is 34.1 Å². The molecule has 1 amide bonds. The quantitative estimate of drug-likeness (QED) is 0.772. The van der Waals surface area contributed by atoms with Crippen LogP contribution in [-0.2, 0) is 14.6 Å². The molecule has 3 N–H and O–H groups in total. The molecule has 5 nitrogen and oxygen atoms in total. The molecule has 7 heteroatoms. The Morgan fingerprint density at radius 2 is 2.00 bits per heavy atom. The van der Waals surface area contributed by atoms with Gasteiger partial charge in [0.2, 0.25) is 5.91 Å². The predicted octanol–water partition coefficient (Wildman–Crippen LogP) is 2.50. The van der Waals surface area contributed by atoms with Gasteiger partial charge >= 0.3 is 0 Å². The largest absolute Gasteiger partial charge is 0.398 e. The first-order valence-corrected chi connectivity index (χ1v) is 8.96. The third-order valence-corrected chi connectivity index (χ3v) is 6.07. The van der Waals surface area contributed by atoms with E-state index in [0.717, 1.165) is 0 Å². The lowest BCUT2D eigenvalue weighted by molar-refractivity contribution is -0.122. The van der Waals surface area contributed by atoms with Gasteiger partial charge in [0.15, 0.2) is 9.84 Å². The normalized spacial score (nSPS) is 13.8. The van der Waals surface area contributed by atoms with E-state index in [4.69, 9.17) is 5.73 Å². The average molecular weight is 377 g/mol. The summed E-state index contributed by atoms with van der Waals surface area (Å²) in [7, 11) is -3.84. The standard InChI is InChI=1S/C14H21BrN2O3S/c1-5-14(3,4)17-13(18)9(2)21(19,20)12-8-10(15)6-7-11(12)16/h6-9H,5,16H2,1-4H3,(H,17,18). The highest BCUT2D eigenvalue weighted by atomic mass is 79.9. The van der Waals surface area contributed by atoms with Crippen LogP contribution in [0.15, 0.2) is 27.6 Å². The molecule has 0 aliphatic carbocycles. The van der Waals surface area contributed by atoms with Crippen LogP contribution >= 0.6 is 15.9 Å². The number of carbonyl (C=O) groups excluding carboxylic acids is 1. The fourth-order valence-electron chi connectivity index (χ4n) is 1.61. The minimum atomic E-state index is -3.84. The molecule has 0 saturated heterocycles. The van der Waals surface area contributed by atoms with Gasteiger partial charge < -0.3 is 11.1 Å². The molecule has 1 atom stereocenters. The molecule has 0 aliphatic heterocycles. The number of carbonyl (C=O) groups is 1. The van der Waals surface area contributed by atoms with E-state index in [1.165, 1.54) is 19.1 Å². The van der Waals surface area contributed by atoms with Crippen LogP contribution in [0.3, 0.4) is 0 Å². The topological polar surface area (TPSA) is 89.3 Å². The molecule has 1 unspecified atom stereocenters. The monoisotopic (exact) mass is 376 g/mol. The van der Waals surface area contributed by atoms with Crippen molar-refractivity contribution in [2.45, 2.75) is 49.8 Å². The molecule has 0 aromatic heterocycles. The van der Waals surface area contributed by atoms with Crippen molar-refractivity contribution in [1.82, 2.24) is 5.32 Å².